The quantitative estimate of drug-likeness (QED) is 0.509. The molecule has 2 amide bonds. The standard InChI is InChI=1S/C21H32N2O6/c1-15(18(24)25)17(12-8-9-13-22-19(26)29-21(2,3)4)23-20(27)28-14-16-10-6-5-7-11-16/h5-7,10-11,15,17H,8-9,12-14H2,1-4H3,(H,22,26)(H,23,27)(H,24,25)/t15?,17-/m0/s1. The van der Waals surface area contributed by atoms with Crippen LogP contribution in [0.5, 0.6) is 0 Å². The van der Waals surface area contributed by atoms with Crippen molar-refractivity contribution in [3.8, 4) is 0 Å². The van der Waals surface area contributed by atoms with Crippen LogP contribution in [0.25, 0.3) is 0 Å². The number of amides is 2. The number of rotatable bonds is 10. The van der Waals surface area contributed by atoms with Gasteiger partial charge < -0.3 is 25.2 Å². The van der Waals surface area contributed by atoms with Crippen LogP contribution in [-0.2, 0) is 20.9 Å². The number of aliphatic carboxylic acids is 1. The molecule has 8 heteroatoms. The van der Waals surface area contributed by atoms with Gasteiger partial charge >= 0.3 is 18.2 Å². The van der Waals surface area contributed by atoms with Crippen LogP contribution in [0.15, 0.2) is 30.3 Å². The monoisotopic (exact) mass is 408 g/mol. The molecule has 162 valence electrons. The van der Waals surface area contributed by atoms with Gasteiger partial charge in [-0.3, -0.25) is 4.79 Å². The smallest absolute Gasteiger partial charge is 0.407 e. The lowest BCUT2D eigenvalue weighted by Gasteiger charge is -2.22. The molecule has 1 unspecified atom stereocenters. The number of ether oxygens (including phenoxy) is 2. The maximum absolute atomic E-state index is 12.1. The number of hydrogen-bond donors (Lipinski definition) is 3. The summed E-state index contributed by atoms with van der Waals surface area (Å²) in [5, 5.41) is 14.6. The predicted octanol–water partition coefficient (Wildman–Crippen LogP) is 3.70. The third-order valence-corrected chi connectivity index (χ3v) is 4.12. The molecule has 1 rings (SSSR count). The van der Waals surface area contributed by atoms with E-state index in [0.29, 0.717) is 25.8 Å². The molecule has 0 aliphatic carbocycles. The van der Waals surface area contributed by atoms with Gasteiger partial charge in [0.25, 0.3) is 0 Å². The molecule has 1 aromatic rings. The SMILES string of the molecule is CC(C(=O)O)[C@H](CCCCNC(=O)OC(C)(C)C)NC(=O)OCc1ccccc1. The fourth-order valence-electron chi connectivity index (χ4n) is 2.53. The fraction of sp³-hybridized carbons (Fsp3) is 0.571. The third kappa shape index (κ3) is 11.0. The van der Waals surface area contributed by atoms with Crippen molar-refractivity contribution >= 4 is 18.2 Å². The highest BCUT2D eigenvalue weighted by Gasteiger charge is 2.25. The van der Waals surface area contributed by atoms with Crippen LogP contribution in [0.3, 0.4) is 0 Å². The molecular formula is C21H32N2O6. The van der Waals surface area contributed by atoms with Gasteiger partial charge in [-0.2, -0.15) is 0 Å². The van der Waals surface area contributed by atoms with Crippen molar-refractivity contribution in [1.29, 1.82) is 0 Å². The van der Waals surface area contributed by atoms with Crippen LogP contribution >= 0.6 is 0 Å². The van der Waals surface area contributed by atoms with Gasteiger partial charge in [-0.15, -0.1) is 0 Å². The first kappa shape index (κ1) is 24.3. The zero-order chi connectivity index (χ0) is 21.9. The molecule has 8 nitrogen and oxygen atoms in total. The van der Waals surface area contributed by atoms with E-state index >= 15 is 0 Å². The van der Waals surface area contributed by atoms with E-state index in [1.54, 1.807) is 27.7 Å². The molecular weight excluding hydrogens is 376 g/mol. The van der Waals surface area contributed by atoms with Crippen molar-refractivity contribution < 1.29 is 29.0 Å². The topological polar surface area (TPSA) is 114 Å². The molecule has 0 bridgehead atoms. The van der Waals surface area contributed by atoms with E-state index in [0.717, 1.165) is 5.56 Å². The number of carboxylic acids is 1. The number of carbonyl (C=O) groups is 3. The predicted molar refractivity (Wildman–Crippen MR) is 108 cm³/mol. The number of carbonyl (C=O) groups excluding carboxylic acids is 2. The summed E-state index contributed by atoms with van der Waals surface area (Å²) in [6.07, 6.45) is 0.554. The highest BCUT2D eigenvalue weighted by molar-refractivity contribution is 5.73. The van der Waals surface area contributed by atoms with Crippen molar-refractivity contribution in [2.75, 3.05) is 6.54 Å². The Morgan fingerprint density at radius 3 is 2.31 bits per heavy atom. The number of nitrogens with one attached hydrogen (secondary N) is 2. The van der Waals surface area contributed by atoms with E-state index in [2.05, 4.69) is 10.6 Å². The number of unbranched alkanes of at least 4 members (excludes halogenated alkanes) is 1. The van der Waals surface area contributed by atoms with Crippen molar-refractivity contribution in [2.24, 2.45) is 5.92 Å². The summed E-state index contributed by atoms with van der Waals surface area (Å²) in [5.74, 6) is -1.76. The molecule has 0 aromatic heterocycles. The second-order valence-electron chi connectivity index (χ2n) is 7.86. The number of benzene rings is 1. The Morgan fingerprint density at radius 2 is 1.72 bits per heavy atom. The molecule has 0 saturated carbocycles. The highest BCUT2D eigenvalue weighted by atomic mass is 16.6. The molecule has 0 aliphatic rings. The highest BCUT2D eigenvalue weighted by Crippen LogP contribution is 2.12. The summed E-state index contributed by atoms with van der Waals surface area (Å²) >= 11 is 0. The summed E-state index contributed by atoms with van der Waals surface area (Å²) in [6.45, 7) is 7.42. The van der Waals surface area contributed by atoms with Gasteiger partial charge in [-0.25, -0.2) is 9.59 Å². The summed E-state index contributed by atoms with van der Waals surface area (Å²) in [6, 6.07) is 8.66. The van der Waals surface area contributed by atoms with E-state index in [1.807, 2.05) is 30.3 Å². The van der Waals surface area contributed by atoms with Gasteiger partial charge in [0.2, 0.25) is 0 Å². The van der Waals surface area contributed by atoms with Crippen LogP contribution in [0.4, 0.5) is 9.59 Å². The Kier molecular flexibility index (Phi) is 9.99. The second-order valence-corrected chi connectivity index (χ2v) is 7.86. The zero-order valence-corrected chi connectivity index (χ0v) is 17.6. The number of alkyl carbamates (subject to hydrolysis) is 2. The minimum absolute atomic E-state index is 0.112. The molecule has 0 aliphatic heterocycles. The Hall–Kier alpha value is -2.77. The molecule has 0 spiro atoms. The lowest BCUT2D eigenvalue weighted by molar-refractivity contribution is -0.142. The van der Waals surface area contributed by atoms with Crippen LogP contribution in [-0.4, -0.2) is 41.4 Å². The van der Waals surface area contributed by atoms with Gasteiger partial charge in [0, 0.05) is 12.6 Å². The van der Waals surface area contributed by atoms with Crippen molar-refractivity contribution in [3.63, 3.8) is 0 Å². The van der Waals surface area contributed by atoms with Gasteiger partial charge in [-0.1, -0.05) is 30.3 Å². The van der Waals surface area contributed by atoms with E-state index in [4.69, 9.17) is 9.47 Å². The maximum atomic E-state index is 12.1. The Morgan fingerprint density at radius 1 is 1.07 bits per heavy atom. The molecule has 1 aromatic carbocycles. The average Bonchev–Trinajstić information content (AvgIpc) is 2.64. The van der Waals surface area contributed by atoms with E-state index in [9.17, 15) is 19.5 Å². The van der Waals surface area contributed by atoms with E-state index in [1.165, 1.54) is 0 Å². The van der Waals surface area contributed by atoms with Crippen molar-refractivity contribution in [1.82, 2.24) is 10.6 Å². The lowest BCUT2D eigenvalue weighted by Crippen LogP contribution is -2.42. The van der Waals surface area contributed by atoms with Gasteiger partial charge in [0.1, 0.15) is 12.2 Å². The average molecular weight is 408 g/mol. The van der Waals surface area contributed by atoms with Crippen LogP contribution in [0, 0.1) is 5.92 Å². The number of hydrogen-bond acceptors (Lipinski definition) is 5. The minimum Gasteiger partial charge on any atom is -0.481 e. The summed E-state index contributed by atoms with van der Waals surface area (Å²) in [5.41, 5.74) is 0.287. The van der Waals surface area contributed by atoms with Crippen molar-refractivity contribution in [3.05, 3.63) is 35.9 Å². The zero-order valence-electron chi connectivity index (χ0n) is 17.6. The Bertz CT molecular complexity index is 657. The molecule has 0 heterocycles. The van der Waals surface area contributed by atoms with Gasteiger partial charge in [0.15, 0.2) is 0 Å². The largest absolute Gasteiger partial charge is 0.481 e. The first-order chi connectivity index (χ1) is 13.6. The van der Waals surface area contributed by atoms with E-state index in [-0.39, 0.29) is 6.61 Å². The van der Waals surface area contributed by atoms with Crippen LogP contribution in [0.2, 0.25) is 0 Å². The summed E-state index contributed by atoms with van der Waals surface area (Å²) < 4.78 is 10.3. The molecule has 29 heavy (non-hydrogen) atoms. The first-order valence-electron chi connectivity index (χ1n) is 9.75. The maximum Gasteiger partial charge on any atom is 0.407 e. The molecule has 0 saturated heterocycles. The lowest BCUT2D eigenvalue weighted by atomic mass is 9.97. The molecule has 0 radical (unpaired) electrons. The number of carboxylic acid groups (broad SMARTS) is 1. The normalized spacial score (nSPS) is 13.1. The van der Waals surface area contributed by atoms with Gasteiger partial charge in [0.05, 0.1) is 5.92 Å². The Balaban J connectivity index is 2.40. The van der Waals surface area contributed by atoms with Crippen molar-refractivity contribution in [2.45, 2.75) is 65.2 Å². The first-order valence-corrected chi connectivity index (χ1v) is 9.75. The van der Waals surface area contributed by atoms with Crippen LogP contribution < -0.4 is 10.6 Å². The Labute approximate surface area is 172 Å². The summed E-state index contributed by atoms with van der Waals surface area (Å²) in [7, 11) is 0. The minimum atomic E-state index is -0.995. The molecule has 3 N–H and O–H groups in total. The van der Waals surface area contributed by atoms with E-state index < -0.39 is 35.7 Å². The second kappa shape index (κ2) is 11.9. The third-order valence-electron chi connectivity index (χ3n) is 4.12. The van der Waals surface area contributed by atoms with Crippen LogP contribution in [0.1, 0.15) is 52.5 Å². The molecule has 0 fully saturated rings. The fourth-order valence-corrected chi connectivity index (χ4v) is 2.53. The molecule has 2 atom stereocenters. The summed E-state index contributed by atoms with van der Waals surface area (Å²) in [4.78, 5) is 35.0. The van der Waals surface area contributed by atoms with Gasteiger partial charge in [-0.05, 0) is 52.5 Å².